The highest BCUT2D eigenvalue weighted by atomic mass is 127. The highest BCUT2D eigenvalue weighted by Gasteiger charge is 2.05. The van der Waals surface area contributed by atoms with E-state index in [4.69, 9.17) is 0 Å². The molecule has 0 saturated carbocycles. The average molecular weight is 506 g/mol. The fourth-order valence-electron chi connectivity index (χ4n) is 1.59. The third-order valence-corrected chi connectivity index (χ3v) is 4.38. The van der Waals surface area contributed by atoms with E-state index in [1.54, 1.807) is 30.5 Å². The van der Waals surface area contributed by atoms with Crippen LogP contribution in [0.5, 0.6) is 5.75 Å². The summed E-state index contributed by atoms with van der Waals surface area (Å²) in [5.74, 6) is 0.00598. The average Bonchev–Trinajstić information content (AvgIpc) is 2.45. The number of nitrogens with one attached hydrogen (secondary N) is 1. The highest BCUT2D eigenvalue weighted by Crippen LogP contribution is 2.26. The van der Waals surface area contributed by atoms with Gasteiger partial charge in [-0.3, -0.25) is 4.79 Å². The minimum absolute atomic E-state index is 0.255. The number of aromatic hydroxyl groups is 1. The maximum Gasteiger partial charge on any atom is 0.271 e. The molecule has 0 radical (unpaired) electrons. The molecule has 0 fully saturated rings. The van der Waals surface area contributed by atoms with Crippen molar-refractivity contribution < 1.29 is 9.90 Å². The molecule has 0 unspecified atom stereocenters. The number of nitrogens with zero attached hydrogens (tertiary/aromatic N) is 1. The summed E-state index contributed by atoms with van der Waals surface area (Å²) >= 11 is 4.10. The van der Waals surface area contributed by atoms with Crippen molar-refractivity contribution in [1.82, 2.24) is 5.43 Å². The smallest absolute Gasteiger partial charge is 0.271 e. The third-order valence-electron chi connectivity index (χ3n) is 2.73. The standard InChI is InChI=1S/C15H12I2N2O2/c1-9-2-4-11(5-3-9)15(21)19-18-8-10-6-12(16)14(20)13(17)7-10/h2-8,20H,1H3,(H,19,21)/b18-8+. The Morgan fingerprint density at radius 3 is 2.33 bits per heavy atom. The number of phenols is 1. The Bertz CT molecular complexity index is 674. The Labute approximate surface area is 149 Å². The number of amides is 1. The van der Waals surface area contributed by atoms with Crippen LogP contribution >= 0.6 is 45.2 Å². The molecule has 0 heterocycles. The number of carbonyl (C=O) groups is 1. The quantitative estimate of drug-likeness (QED) is 0.380. The molecule has 2 aromatic rings. The van der Waals surface area contributed by atoms with Gasteiger partial charge in [-0.1, -0.05) is 17.7 Å². The van der Waals surface area contributed by atoms with E-state index in [0.29, 0.717) is 5.56 Å². The Balaban J connectivity index is 2.05. The SMILES string of the molecule is Cc1ccc(C(=O)N/N=C/c2cc(I)c(O)c(I)c2)cc1. The first-order valence-electron chi connectivity index (χ1n) is 6.05. The molecule has 0 atom stereocenters. The molecule has 0 spiro atoms. The second-order valence-corrected chi connectivity index (χ2v) is 6.72. The molecule has 0 aliphatic carbocycles. The third kappa shape index (κ3) is 4.40. The van der Waals surface area contributed by atoms with Crippen LogP contribution in [0.3, 0.4) is 0 Å². The van der Waals surface area contributed by atoms with Crippen LogP contribution in [0.15, 0.2) is 41.5 Å². The van der Waals surface area contributed by atoms with Gasteiger partial charge in [0.2, 0.25) is 0 Å². The summed E-state index contributed by atoms with van der Waals surface area (Å²) in [5.41, 5.74) is 4.96. The van der Waals surface area contributed by atoms with Gasteiger partial charge in [-0.05, 0) is 81.9 Å². The summed E-state index contributed by atoms with van der Waals surface area (Å²) in [6.45, 7) is 1.97. The van der Waals surface area contributed by atoms with Gasteiger partial charge in [-0.15, -0.1) is 0 Å². The molecular weight excluding hydrogens is 494 g/mol. The van der Waals surface area contributed by atoms with Gasteiger partial charge in [-0.25, -0.2) is 5.43 Å². The van der Waals surface area contributed by atoms with Gasteiger partial charge in [0.1, 0.15) is 5.75 Å². The molecule has 0 aromatic heterocycles. The zero-order valence-electron chi connectivity index (χ0n) is 11.1. The fourth-order valence-corrected chi connectivity index (χ4v) is 3.41. The van der Waals surface area contributed by atoms with Gasteiger partial charge < -0.3 is 5.11 Å². The largest absolute Gasteiger partial charge is 0.506 e. The molecule has 2 aromatic carbocycles. The summed E-state index contributed by atoms with van der Waals surface area (Å²) in [7, 11) is 0. The summed E-state index contributed by atoms with van der Waals surface area (Å²) in [4.78, 5) is 11.9. The van der Waals surface area contributed by atoms with Crippen molar-refractivity contribution >= 4 is 57.3 Å². The van der Waals surface area contributed by atoms with E-state index in [9.17, 15) is 9.90 Å². The van der Waals surface area contributed by atoms with Crippen LogP contribution in [0.2, 0.25) is 0 Å². The van der Waals surface area contributed by atoms with Gasteiger partial charge in [-0.2, -0.15) is 5.10 Å². The number of phenolic OH excluding ortho intramolecular Hbond substituents is 1. The zero-order valence-corrected chi connectivity index (χ0v) is 15.4. The van der Waals surface area contributed by atoms with Crippen molar-refractivity contribution in [3.8, 4) is 5.75 Å². The van der Waals surface area contributed by atoms with E-state index in [1.165, 1.54) is 0 Å². The summed E-state index contributed by atoms with van der Waals surface area (Å²) in [6.07, 6.45) is 1.55. The number of halogens is 2. The Hall–Kier alpha value is -1.16. The van der Waals surface area contributed by atoms with Crippen molar-refractivity contribution in [2.75, 3.05) is 0 Å². The minimum Gasteiger partial charge on any atom is -0.506 e. The van der Waals surface area contributed by atoms with E-state index in [-0.39, 0.29) is 11.7 Å². The number of hydrogen-bond acceptors (Lipinski definition) is 3. The van der Waals surface area contributed by atoms with E-state index in [2.05, 4.69) is 10.5 Å². The van der Waals surface area contributed by atoms with Crippen LogP contribution < -0.4 is 5.43 Å². The van der Waals surface area contributed by atoms with Crippen LogP contribution in [-0.4, -0.2) is 17.2 Å². The number of hydrogen-bond donors (Lipinski definition) is 2. The van der Waals surface area contributed by atoms with Gasteiger partial charge in [0.15, 0.2) is 0 Å². The second kappa shape index (κ2) is 7.21. The van der Waals surface area contributed by atoms with Crippen molar-refractivity contribution in [3.63, 3.8) is 0 Å². The number of aryl methyl sites for hydroxylation is 1. The molecule has 21 heavy (non-hydrogen) atoms. The zero-order chi connectivity index (χ0) is 15.4. The van der Waals surface area contributed by atoms with Crippen molar-refractivity contribution in [3.05, 3.63) is 60.2 Å². The number of hydrazone groups is 1. The van der Waals surface area contributed by atoms with Gasteiger partial charge in [0, 0.05) is 5.56 Å². The maximum atomic E-state index is 11.9. The first-order valence-corrected chi connectivity index (χ1v) is 8.21. The lowest BCUT2D eigenvalue weighted by Crippen LogP contribution is -2.17. The monoisotopic (exact) mass is 506 g/mol. The molecule has 6 heteroatoms. The van der Waals surface area contributed by atoms with Crippen molar-refractivity contribution in [2.45, 2.75) is 6.92 Å². The molecule has 0 aliphatic heterocycles. The molecule has 2 rings (SSSR count). The van der Waals surface area contributed by atoms with Crippen molar-refractivity contribution in [1.29, 1.82) is 0 Å². The Kier molecular flexibility index (Phi) is 5.57. The topological polar surface area (TPSA) is 61.7 Å². The molecule has 1 amide bonds. The second-order valence-electron chi connectivity index (χ2n) is 4.40. The first-order chi connectivity index (χ1) is 9.97. The van der Waals surface area contributed by atoms with E-state index in [0.717, 1.165) is 18.3 Å². The van der Waals surface area contributed by atoms with E-state index < -0.39 is 0 Å². The van der Waals surface area contributed by atoms with E-state index >= 15 is 0 Å². The maximum absolute atomic E-state index is 11.9. The van der Waals surface area contributed by atoms with Crippen LogP contribution in [0, 0.1) is 14.1 Å². The summed E-state index contributed by atoms with van der Waals surface area (Å²) < 4.78 is 1.48. The predicted octanol–water partition coefficient (Wildman–Crippen LogP) is 3.67. The van der Waals surface area contributed by atoms with Crippen LogP contribution in [0.1, 0.15) is 21.5 Å². The van der Waals surface area contributed by atoms with Gasteiger partial charge in [0.05, 0.1) is 13.4 Å². The highest BCUT2D eigenvalue weighted by molar-refractivity contribution is 14.1. The van der Waals surface area contributed by atoms with Crippen LogP contribution in [-0.2, 0) is 0 Å². The molecule has 0 saturated heterocycles. The number of carbonyl (C=O) groups excluding carboxylic acids is 1. The predicted molar refractivity (Wildman–Crippen MR) is 99.8 cm³/mol. The normalized spacial score (nSPS) is 10.8. The molecule has 0 bridgehead atoms. The molecule has 4 nitrogen and oxygen atoms in total. The summed E-state index contributed by atoms with van der Waals surface area (Å²) in [5, 5.41) is 13.6. The summed E-state index contributed by atoms with van der Waals surface area (Å²) in [6, 6.07) is 10.9. The number of rotatable bonds is 3. The number of benzene rings is 2. The van der Waals surface area contributed by atoms with Gasteiger partial charge in [0.25, 0.3) is 5.91 Å². The van der Waals surface area contributed by atoms with Gasteiger partial charge >= 0.3 is 0 Å². The molecule has 108 valence electrons. The molecular formula is C15H12I2N2O2. The lowest BCUT2D eigenvalue weighted by atomic mass is 10.1. The Morgan fingerprint density at radius 1 is 1.19 bits per heavy atom. The lowest BCUT2D eigenvalue weighted by Gasteiger charge is -2.03. The van der Waals surface area contributed by atoms with Crippen LogP contribution in [0.4, 0.5) is 0 Å². The van der Waals surface area contributed by atoms with Crippen molar-refractivity contribution in [2.24, 2.45) is 5.10 Å². The Morgan fingerprint density at radius 2 is 1.76 bits per heavy atom. The molecule has 0 aliphatic rings. The minimum atomic E-state index is -0.255. The lowest BCUT2D eigenvalue weighted by molar-refractivity contribution is 0.0955. The fraction of sp³-hybridized carbons (Fsp3) is 0.0667. The molecule has 2 N–H and O–H groups in total. The first kappa shape index (κ1) is 16.2. The van der Waals surface area contributed by atoms with E-state index in [1.807, 2.05) is 64.2 Å². The van der Waals surface area contributed by atoms with Crippen LogP contribution in [0.25, 0.3) is 0 Å².